The lowest BCUT2D eigenvalue weighted by Crippen LogP contribution is -2.51. The molecule has 3 atom stereocenters. The summed E-state index contributed by atoms with van der Waals surface area (Å²) < 4.78 is 7.85. The largest absolute Gasteiger partial charge is 0.375 e. The SMILES string of the molecule is CCc1ccccc1-n1nc(CC(N)=O)nc1[C@H]1CC[C@H]2OCCN[C@@H]2C1. The molecule has 7 nitrogen and oxygen atoms in total. The predicted octanol–water partition coefficient (Wildman–Crippen LogP) is 1.48. The van der Waals surface area contributed by atoms with Crippen LogP contribution in [0.4, 0.5) is 0 Å². The number of benzene rings is 1. The Kier molecular flexibility index (Phi) is 5.22. The van der Waals surface area contributed by atoms with Crippen molar-refractivity contribution in [1.82, 2.24) is 20.1 Å². The van der Waals surface area contributed by atoms with Crippen molar-refractivity contribution in [3.63, 3.8) is 0 Å². The third kappa shape index (κ3) is 3.75. The van der Waals surface area contributed by atoms with Gasteiger partial charge < -0.3 is 15.8 Å². The normalized spacial score (nSPS) is 25.1. The highest BCUT2D eigenvalue weighted by atomic mass is 16.5. The van der Waals surface area contributed by atoms with Gasteiger partial charge in [0.25, 0.3) is 0 Å². The number of ether oxygens (including phenoxy) is 1. The number of amides is 1. The van der Waals surface area contributed by atoms with E-state index in [2.05, 4.69) is 29.5 Å². The van der Waals surface area contributed by atoms with Crippen molar-refractivity contribution in [1.29, 1.82) is 0 Å². The van der Waals surface area contributed by atoms with Gasteiger partial charge in [-0.3, -0.25) is 4.79 Å². The zero-order chi connectivity index (χ0) is 18.8. The Labute approximate surface area is 159 Å². The van der Waals surface area contributed by atoms with Crippen LogP contribution < -0.4 is 11.1 Å². The zero-order valence-corrected chi connectivity index (χ0v) is 15.7. The van der Waals surface area contributed by atoms with Crippen LogP contribution in [0, 0.1) is 0 Å². The Hall–Kier alpha value is -2.25. The molecule has 3 N–H and O–H groups in total. The van der Waals surface area contributed by atoms with Crippen LogP contribution in [-0.2, 0) is 22.4 Å². The zero-order valence-electron chi connectivity index (χ0n) is 15.7. The number of nitrogens with zero attached hydrogens (tertiary/aromatic N) is 3. The van der Waals surface area contributed by atoms with E-state index in [0.29, 0.717) is 18.0 Å². The summed E-state index contributed by atoms with van der Waals surface area (Å²) in [6.45, 7) is 3.81. The number of aromatic nitrogens is 3. The van der Waals surface area contributed by atoms with Gasteiger partial charge in [0.05, 0.1) is 24.8 Å². The summed E-state index contributed by atoms with van der Waals surface area (Å²) in [5, 5.41) is 8.25. The average molecular weight is 369 g/mol. The third-order valence-electron chi connectivity index (χ3n) is 5.60. The summed E-state index contributed by atoms with van der Waals surface area (Å²) >= 11 is 0. The number of para-hydroxylation sites is 1. The van der Waals surface area contributed by atoms with Crippen LogP contribution in [0.15, 0.2) is 24.3 Å². The van der Waals surface area contributed by atoms with Crippen LogP contribution in [0.2, 0.25) is 0 Å². The van der Waals surface area contributed by atoms with Crippen LogP contribution >= 0.6 is 0 Å². The maximum absolute atomic E-state index is 11.4. The topological polar surface area (TPSA) is 95.1 Å². The summed E-state index contributed by atoms with van der Waals surface area (Å²) in [4.78, 5) is 16.2. The van der Waals surface area contributed by atoms with Crippen molar-refractivity contribution in [3.8, 4) is 5.69 Å². The van der Waals surface area contributed by atoms with Gasteiger partial charge in [-0.1, -0.05) is 25.1 Å². The summed E-state index contributed by atoms with van der Waals surface area (Å²) in [5.74, 6) is 1.30. The number of carbonyl (C=O) groups is 1. The molecule has 2 heterocycles. The number of hydrogen-bond acceptors (Lipinski definition) is 5. The first-order valence-corrected chi connectivity index (χ1v) is 9.83. The van der Waals surface area contributed by atoms with Crippen LogP contribution in [0.25, 0.3) is 5.69 Å². The molecule has 0 unspecified atom stereocenters. The van der Waals surface area contributed by atoms with E-state index in [4.69, 9.17) is 15.5 Å². The van der Waals surface area contributed by atoms with Gasteiger partial charge in [0, 0.05) is 18.5 Å². The Morgan fingerprint density at radius 3 is 3.04 bits per heavy atom. The molecule has 0 bridgehead atoms. The molecule has 1 saturated carbocycles. The van der Waals surface area contributed by atoms with Crippen molar-refractivity contribution in [3.05, 3.63) is 41.5 Å². The number of primary amides is 1. The Bertz CT molecular complexity index is 818. The van der Waals surface area contributed by atoms with Gasteiger partial charge >= 0.3 is 0 Å². The maximum Gasteiger partial charge on any atom is 0.225 e. The average Bonchev–Trinajstić information content (AvgIpc) is 3.10. The first-order chi connectivity index (χ1) is 13.2. The Balaban J connectivity index is 1.70. The first kappa shape index (κ1) is 18.1. The first-order valence-electron chi connectivity index (χ1n) is 9.83. The number of morpholine rings is 1. The molecule has 7 heteroatoms. The van der Waals surface area contributed by atoms with Crippen LogP contribution in [0.5, 0.6) is 0 Å². The van der Waals surface area contributed by atoms with E-state index >= 15 is 0 Å². The summed E-state index contributed by atoms with van der Waals surface area (Å²) in [5.41, 5.74) is 7.64. The van der Waals surface area contributed by atoms with Crippen molar-refractivity contribution in [2.24, 2.45) is 5.73 Å². The molecule has 2 aromatic rings. The molecule has 1 aliphatic heterocycles. The molecule has 27 heavy (non-hydrogen) atoms. The monoisotopic (exact) mass is 369 g/mol. The summed E-state index contributed by atoms with van der Waals surface area (Å²) in [7, 11) is 0. The second kappa shape index (κ2) is 7.78. The fourth-order valence-electron chi connectivity index (χ4n) is 4.30. The molecule has 144 valence electrons. The molecule has 1 aromatic heterocycles. The van der Waals surface area contributed by atoms with Gasteiger partial charge in [-0.25, -0.2) is 9.67 Å². The van der Waals surface area contributed by atoms with Gasteiger partial charge in [0.1, 0.15) is 5.82 Å². The number of hydrogen-bond donors (Lipinski definition) is 2. The van der Waals surface area contributed by atoms with Crippen molar-refractivity contribution in [2.75, 3.05) is 13.2 Å². The molecular weight excluding hydrogens is 342 g/mol. The molecule has 1 saturated heterocycles. The second-order valence-corrected chi connectivity index (χ2v) is 7.40. The number of rotatable bonds is 5. The molecular formula is C20H27N5O2. The highest BCUT2D eigenvalue weighted by Crippen LogP contribution is 2.35. The number of fused-ring (bicyclic) bond motifs is 1. The van der Waals surface area contributed by atoms with E-state index < -0.39 is 5.91 Å². The molecule has 0 spiro atoms. The van der Waals surface area contributed by atoms with Crippen molar-refractivity contribution < 1.29 is 9.53 Å². The Morgan fingerprint density at radius 2 is 2.22 bits per heavy atom. The van der Waals surface area contributed by atoms with Crippen molar-refractivity contribution >= 4 is 5.91 Å². The minimum atomic E-state index is -0.409. The molecule has 0 radical (unpaired) electrons. The molecule has 2 aliphatic rings. The van der Waals surface area contributed by atoms with Crippen LogP contribution in [-0.4, -0.2) is 46.0 Å². The second-order valence-electron chi connectivity index (χ2n) is 7.40. The number of carbonyl (C=O) groups excluding carboxylic acids is 1. The lowest BCUT2D eigenvalue weighted by Gasteiger charge is -2.39. The quantitative estimate of drug-likeness (QED) is 0.832. The predicted molar refractivity (Wildman–Crippen MR) is 102 cm³/mol. The van der Waals surface area contributed by atoms with Gasteiger partial charge in [0.2, 0.25) is 5.91 Å². The highest BCUT2D eigenvalue weighted by Gasteiger charge is 2.36. The summed E-state index contributed by atoms with van der Waals surface area (Å²) in [6, 6.07) is 8.59. The van der Waals surface area contributed by atoms with E-state index in [1.54, 1.807) is 0 Å². The van der Waals surface area contributed by atoms with Crippen LogP contribution in [0.3, 0.4) is 0 Å². The highest BCUT2D eigenvalue weighted by molar-refractivity contribution is 5.75. The lowest BCUT2D eigenvalue weighted by atomic mass is 9.82. The standard InChI is InChI=1S/C20H27N5O2/c1-2-13-5-3-4-6-16(13)25-20(23-19(24-25)12-18(21)26)14-7-8-17-15(11-14)22-9-10-27-17/h3-6,14-15,17,22H,2,7-12H2,1H3,(H2,21,26)/t14-,15+,17+/m0/s1. The fraction of sp³-hybridized carbons (Fsp3) is 0.550. The minimum absolute atomic E-state index is 0.0639. The lowest BCUT2D eigenvalue weighted by molar-refractivity contribution is -0.117. The van der Waals surface area contributed by atoms with Crippen LogP contribution in [0.1, 0.15) is 49.3 Å². The molecule has 2 fully saturated rings. The van der Waals surface area contributed by atoms with E-state index in [-0.39, 0.29) is 12.3 Å². The van der Waals surface area contributed by atoms with E-state index in [9.17, 15) is 4.79 Å². The number of nitrogens with one attached hydrogen (secondary N) is 1. The van der Waals surface area contributed by atoms with E-state index in [1.807, 2.05) is 16.8 Å². The van der Waals surface area contributed by atoms with Gasteiger partial charge in [0.15, 0.2) is 5.82 Å². The molecule has 1 amide bonds. The summed E-state index contributed by atoms with van der Waals surface area (Å²) in [6.07, 6.45) is 4.24. The van der Waals surface area contributed by atoms with E-state index in [1.165, 1.54) is 5.56 Å². The number of nitrogens with two attached hydrogens (primary N) is 1. The van der Waals surface area contributed by atoms with E-state index in [0.717, 1.165) is 50.3 Å². The Morgan fingerprint density at radius 1 is 1.37 bits per heavy atom. The maximum atomic E-state index is 11.4. The molecule has 1 aromatic carbocycles. The van der Waals surface area contributed by atoms with Gasteiger partial charge in [-0.15, -0.1) is 0 Å². The molecule has 1 aliphatic carbocycles. The van der Waals surface area contributed by atoms with Gasteiger partial charge in [-0.05, 0) is 37.3 Å². The van der Waals surface area contributed by atoms with Crippen molar-refractivity contribution in [2.45, 2.75) is 57.1 Å². The number of aryl methyl sites for hydroxylation is 1. The minimum Gasteiger partial charge on any atom is -0.375 e. The van der Waals surface area contributed by atoms with Gasteiger partial charge in [-0.2, -0.15) is 5.10 Å². The molecule has 4 rings (SSSR count). The smallest absolute Gasteiger partial charge is 0.225 e. The fourth-order valence-corrected chi connectivity index (χ4v) is 4.30. The third-order valence-corrected chi connectivity index (χ3v) is 5.60.